The fourth-order valence-electron chi connectivity index (χ4n) is 2.73. The minimum atomic E-state index is -0.562. The first-order valence-electron chi connectivity index (χ1n) is 7.62. The molecule has 4 nitrogen and oxygen atoms in total. The number of carbonyl (C=O) groups excluding carboxylic acids is 1. The average Bonchev–Trinajstić information content (AvgIpc) is 3.27. The molecule has 7 heteroatoms. The Morgan fingerprint density at radius 1 is 1.26 bits per heavy atom. The highest BCUT2D eigenvalue weighted by Gasteiger charge is 2.48. The molecule has 128 valence electrons. The minimum absolute atomic E-state index is 0. The molecule has 0 atom stereocenters. The van der Waals surface area contributed by atoms with E-state index in [1.807, 2.05) is 17.0 Å². The van der Waals surface area contributed by atoms with Gasteiger partial charge in [0.05, 0.1) is 28.3 Å². The number of carbonyl (C=O) groups is 1. The van der Waals surface area contributed by atoms with Crippen LogP contribution in [-0.2, 0) is 16.1 Å². The van der Waals surface area contributed by atoms with Gasteiger partial charge in [0.1, 0.15) is 0 Å². The maximum absolute atomic E-state index is 12.2. The number of nitrogens with zero attached hydrogens (tertiary/aromatic N) is 1. The summed E-state index contributed by atoms with van der Waals surface area (Å²) in [6.45, 7) is 1.96. The van der Waals surface area contributed by atoms with E-state index >= 15 is 0 Å². The van der Waals surface area contributed by atoms with Gasteiger partial charge in [0, 0.05) is 13.1 Å². The highest BCUT2D eigenvalue weighted by Crippen LogP contribution is 2.35. The number of ether oxygens (including phenoxy) is 1. The molecule has 2 N–H and O–H groups in total. The van der Waals surface area contributed by atoms with Crippen molar-refractivity contribution in [2.45, 2.75) is 43.9 Å². The molecule has 0 spiro atoms. The molecule has 1 aliphatic carbocycles. The van der Waals surface area contributed by atoms with Gasteiger partial charge in [0.2, 0.25) is 5.91 Å². The second-order valence-electron chi connectivity index (χ2n) is 6.21. The van der Waals surface area contributed by atoms with Crippen molar-refractivity contribution < 1.29 is 9.53 Å². The number of rotatable bonds is 4. The lowest BCUT2D eigenvalue weighted by molar-refractivity contribution is -0.136. The normalized spacial score (nSPS) is 20.0. The van der Waals surface area contributed by atoms with E-state index in [-0.39, 0.29) is 24.4 Å². The van der Waals surface area contributed by atoms with Crippen LogP contribution in [0.2, 0.25) is 10.0 Å². The van der Waals surface area contributed by atoms with E-state index < -0.39 is 5.54 Å². The molecule has 1 saturated heterocycles. The summed E-state index contributed by atoms with van der Waals surface area (Å²) in [5.41, 5.74) is 6.42. The molecule has 0 radical (unpaired) electrons. The van der Waals surface area contributed by atoms with Crippen LogP contribution >= 0.6 is 35.6 Å². The number of nitrogens with two attached hydrogens (primary N) is 1. The predicted molar refractivity (Wildman–Crippen MR) is 94.3 cm³/mol. The van der Waals surface area contributed by atoms with Gasteiger partial charge in [0.25, 0.3) is 0 Å². The summed E-state index contributed by atoms with van der Waals surface area (Å²) in [5.74, 6) is 0.107. The van der Waals surface area contributed by atoms with Gasteiger partial charge in [-0.2, -0.15) is 0 Å². The molecule has 1 saturated carbocycles. The van der Waals surface area contributed by atoms with Crippen molar-refractivity contribution in [3.05, 3.63) is 33.8 Å². The van der Waals surface area contributed by atoms with Crippen molar-refractivity contribution in [3.8, 4) is 0 Å². The van der Waals surface area contributed by atoms with Crippen molar-refractivity contribution in [2.75, 3.05) is 13.1 Å². The van der Waals surface area contributed by atoms with Crippen molar-refractivity contribution in [2.24, 2.45) is 5.73 Å². The van der Waals surface area contributed by atoms with Gasteiger partial charge < -0.3 is 15.4 Å². The minimum Gasteiger partial charge on any atom is -0.373 e. The zero-order valence-corrected chi connectivity index (χ0v) is 15.1. The Morgan fingerprint density at radius 2 is 1.91 bits per heavy atom. The largest absolute Gasteiger partial charge is 0.373 e. The smallest absolute Gasteiger partial charge is 0.242 e. The topological polar surface area (TPSA) is 55.6 Å². The van der Waals surface area contributed by atoms with Crippen molar-refractivity contribution in [1.82, 2.24) is 4.90 Å². The fraction of sp³-hybridized carbons (Fsp3) is 0.562. The first-order valence-corrected chi connectivity index (χ1v) is 8.37. The quantitative estimate of drug-likeness (QED) is 0.872. The predicted octanol–water partition coefficient (Wildman–Crippen LogP) is 3.41. The summed E-state index contributed by atoms with van der Waals surface area (Å²) in [4.78, 5) is 14.1. The molecular formula is C16H21Cl3N2O2. The van der Waals surface area contributed by atoms with E-state index in [0.717, 1.165) is 44.3 Å². The van der Waals surface area contributed by atoms with Gasteiger partial charge in [0.15, 0.2) is 0 Å². The van der Waals surface area contributed by atoms with Crippen LogP contribution in [0.15, 0.2) is 18.2 Å². The molecule has 23 heavy (non-hydrogen) atoms. The van der Waals surface area contributed by atoms with Gasteiger partial charge in [-0.15, -0.1) is 12.4 Å². The Bertz CT molecular complexity index is 570. The summed E-state index contributed by atoms with van der Waals surface area (Å²) in [5, 5.41) is 1.09. The zero-order valence-electron chi connectivity index (χ0n) is 12.8. The molecule has 3 rings (SSSR count). The Morgan fingerprint density at radius 3 is 2.48 bits per heavy atom. The molecule has 1 amide bonds. The number of piperidine rings is 1. The van der Waals surface area contributed by atoms with Crippen LogP contribution in [0.25, 0.3) is 0 Å². The van der Waals surface area contributed by atoms with Crippen molar-refractivity contribution >= 4 is 41.5 Å². The van der Waals surface area contributed by atoms with Gasteiger partial charge in [-0.1, -0.05) is 29.3 Å². The number of amides is 1. The Hall–Kier alpha value is -0.520. The number of likely N-dealkylation sites (tertiary alicyclic amines) is 1. The van der Waals surface area contributed by atoms with Crippen LogP contribution in [0, 0.1) is 0 Å². The maximum Gasteiger partial charge on any atom is 0.242 e. The summed E-state index contributed by atoms with van der Waals surface area (Å²) < 4.78 is 5.92. The highest BCUT2D eigenvalue weighted by atomic mass is 35.5. The number of hydrogen-bond donors (Lipinski definition) is 1. The molecule has 2 fully saturated rings. The summed E-state index contributed by atoms with van der Waals surface area (Å²) >= 11 is 11.9. The SMILES string of the molecule is Cl.NC1(C(=O)N2CCC(OCc3ccc(Cl)c(Cl)c3)CC2)CC1. The average molecular weight is 380 g/mol. The molecule has 2 aliphatic rings. The van der Waals surface area contributed by atoms with E-state index in [2.05, 4.69) is 0 Å². The lowest BCUT2D eigenvalue weighted by atomic mass is 10.1. The molecule has 0 bridgehead atoms. The van der Waals surface area contributed by atoms with E-state index in [9.17, 15) is 4.79 Å². The Balaban J connectivity index is 0.00000192. The highest BCUT2D eigenvalue weighted by molar-refractivity contribution is 6.42. The standard InChI is InChI=1S/C16H20Cl2N2O2.ClH/c17-13-2-1-11(9-14(13)18)10-22-12-3-7-20(8-4-12)15(21)16(19)5-6-16;/h1-2,9,12H,3-8,10,19H2;1H. The number of hydrogen-bond acceptors (Lipinski definition) is 3. The first kappa shape index (κ1) is 18.8. The van der Waals surface area contributed by atoms with E-state index in [4.69, 9.17) is 33.7 Å². The van der Waals surface area contributed by atoms with Crippen LogP contribution in [0.4, 0.5) is 0 Å². The third-order valence-corrected chi connectivity index (χ3v) is 5.15. The molecular weight excluding hydrogens is 359 g/mol. The van der Waals surface area contributed by atoms with Gasteiger partial charge in [-0.3, -0.25) is 4.79 Å². The second kappa shape index (κ2) is 7.58. The van der Waals surface area contributed by atoms with E-state index in [1.165, 1.54) is 0 Å². The molecule has 0 unspecified atom stereocenters. The van der Waals surface area contributed by atoms with Crippen LogP contribution in [0.1, 0.15) is 31.2 Å². The van der Waals surface area contributed by atoms with Gasteiger partial charge in [-0.25, -0.2) is 0 Å². The van der Waals surface area contributed by atoms with Crippen molar-refractivity contribution in [3.63, 3.8) is 0 Å². The zero-order chi connectivity index (χ0) is 15.7. The lowest BCUT2D eigenvalue weighted by Gasteiger charge is -2.33. The van der Waals surface area contributed by atoms with Gasteiger partial charge in [-0.05, 0) is 43.4 Å². The Kier molecular flexibility index (Phi) is 6.20. The Labute approximate surface area is 152 Å². The van der Waals surface area contributed by atoms with Crippen LogP contribution < -0.4 is 5.73 Å². The molecule has 1 heterocycles. The third kappa shape index (κ3) is 4.52. The summed E-state index contributed by atoms with van der Waals surface area (Å²) in [7, 11) is 0. The molecule has 0 aromatic heterocycles. The van der Waals surface area contributed by atoms with Gasteiger partial charge >= 0.3 is 0 Å². The van der Waals surface area contributed by atoms with E-state index in [0.29, 0.717) is 16.7 Å². The fourth-order valence-corrected chi connectivity index (χ4v) is 3.05. The number of halogens is 3. The van der Waals surface area contributed by atoms with Crippen LogP contribution in [-0.4, -0.2) is 35.5 Å². The third-order valence-electron chi connectivity index (χ3n) is 4.41. The monoisotopic (exact) mass is 378 g/mol. The lowest BCUT2D eigenvalue weighted by Crippen LogP contribution is -2.49. The second-order valence-corrected chi connectivity index (χ2v) is 7.02. The maximum atomic E-state index is 12.2. The van der Waals surface area contributed by atoms with E-state index in [1.54, 1.807) is 6.07 Å². The van der Waals surface area contributed by atoms with Crippen LogP contribution in [0.3, 0.4) is 0 Å². The van der Waals surface area contributed by atoms with Crippen molar-refractivity contribution in [1.29, 1.82) is 0 Å². The summed E-state index contributed by atoms with van der Waals surface area (Å²) in [6, 6.07) is 5.52. The molecule has 1 aliphatic heterocycles. The summed E-state index contributed by atoms with van der Waals surface area (Å²) in [6.07, 6.45) is 3.51. The van der Waals surface area contributed by atoms with Crippen LogP contribution in [0.5, 0.6) is 0 Å². The first-order chi connectivity index (χ1) is 10.5. The molecule has 1 aromatic carbocycles. The molecule has 1 aromatic rings. The number of benzene rings is 1.